The first-order valence-corrected chi connectivity index (χ1v) is 5.79. The van der Waals surface area contributed by atoms with E-state index in [1.54, 1.807) is 6.92 Å². The molecular weight excluding hydrogens is 224 g/mol. The van der Waals surface area contributed by atoms with Crippen LogP contribution in [0.25, 0.3) is 0 Å². The summed E-state index contributed by atoms with van der Waals surface area (Å²) in [6.45, 7) is 4.39. The molecule has 0 radical (unpaired) electrons. The van der Waals surface area contributed by atoms with E-state index in [1.807, 2.05) is 6.92 Å². The van der Waals surface area contributed by atoms with Crippen molar-refractivity contribution in [3.63, 3.8) is 0 Å². The fraction of sp³-hybridized carbons (Fsp3) is 0.727. The fourth-order valence-electron chi connectivity index (χ4n) is 1.68. The highest BCUT2D eigenvalue weighted by Gasteiger charge is 2.30. The van der Waals surface area contributed by atoms with E-state index in [4.69, 9.17) is 4.74 Å². The van der Waals surface area contributed by atoms with Crippen LogP contribution in [-0.4, -0.2) is 60.4 Å². The Labute approximate surface area is 101 Å². The van der Waals surface area contributed by atoms with Gasteiger partial charge < -0.3 is 14.5 Å². The molecule has 6 heteroatoms. The van der Waals surface area contributed by atoms with E-state index in [1.165, 1.54) is 9.80 Å². The van der Waals surface area contributed by atoms with Gasteiger partial charge in [0, 0.05) is 6.54 Å². The van der Waals surface area contributed by atoms with Gasteiger partial charge in [-0.3, -0.25) is 14.4 Å². The zero-order valence-electron chi connectivity index (χ0n) is 10.3. The average molecular weight is 242 g/mol. The number of carbonyl (C=O) groups is 3. The molecule has 1 heterocycles. The second-order valence-corrected chi connectivity index (χ2v) is 3.87. The lowest BCUT2D eigenvalue weighted by Gasteiger charge is -2.33. The van der Waals surface area contributed by atoms with Gasteiger partial charge in [-0.15, -0.1) is 0 Å². The molecule has 0 unspecified atom stereocenters. The molecule has 1 aliphatic rings. The molecular formula is C11H18N2O4. The maximum atomic E-state index is 11.7. The molecule has 1 aliphatic heterocycles. The summed E-state index contributed by atoms with van der Waals surface area (Å²) in [5.41, 5.74) is 0. The Kier molecular flexibility index (Phi) is 4.93. The summed E-state index contributed by atoms with van der Waals surface area (Å²) >= 11 is 0. The minimum absolute atomic E-state index is 0.0301. The van der Waals surface area contributed by atoms with Crippen LogP contribution in [-0.2, 0) is 19.1 Å². The molecule has 1 rings (SSSR count). The summed E-state index contributed by atoms with van der Waals surface area (Å²) in [6, 6.07) is 0. The molecule has 0 aromatic carbocycles. The summed E-state index contributed by atoms with van der Waals surface area (Å²) in [7, 11) is 0. The molecule has 2 amide bonds. The third kappa shape index (κ3) is 3.72. The van der Waals surface area contributed by atoms with Gasteiger partial charge in [-0.2, -0.15) is 0 Å². The number of piperazine rings is 1. The van der Waals surface area contributed by atoms with Gasteiger partial charge in [0.25, 0.3) is 0 Å². The molecule has 17 heavy (non-hydrogen) atoms. The van der Waals surface area contributed by atoms with Crippen molar-refractivity contribution in [1.82, 2.24) is 9.80 Å². The standard InChI is InChI=1S/C11H18N2O4/c1-3-5-12-6-10(15)13(7-9(12)14)8-11(16)17-4-2/h3-8H2,1-2H3. The smallest absolute Gasteiger partial charge is 0.325 e. The van der Waals surface area contributed by atoms with Gasteiger partial charge in [-0.1, -0.05) is 6.92 Å². The maximum absolute atomic E-state index is 11.7. The SMILES string of the molecule is CCCN1CC(=O)N(CC(=O)OCC)CC1=O. The largest absolute Gasteiger partial charge is 0.465 e. The summed E-state index contributed by atoms with van der Waals surface area (Å²) in [5.74, 6) is -0.792. The molecule has 0 aromatic heterocycles. The molecule has 6 nitrogen and oxygen atoms in total. The molecule has 0 bridgehead atoms. The summed E-state index contributed by atoms with van der Waals surface area (Å²) in [4.78, 5) is 37.3. The first-order valence-electron chi connectivity index (χ1n) is 5.79. The number of rotatable bonds is 5. The fourth-order valence-corrected chi connectivity index (χ4v) is 1.68. The van der Waals surface area contributed by atoms with Crippen molar-refractivity contribution in [3.05, 3.63) is 0 Å². The van der Waals surface area contributed by atoms with Gasteiger partial charge in [-0.05, 0) is 13.3 Å². The van der Waals surface area contributed by atoms with Crippen LogP contribution in [0.3, 0.4) is 0 Å². The highest BCUT2D eigenvalue weighted by Crippen LogP contribution is 2.05. The van der Waals surface area contributed by atoms with Gasteiger partial charge in [0.05, 0.1) is 13.2 Å². The van der Waals surface area contributed by atoms with E-state index in [9.17, 15) is 14.4 Å². The second kappa shape index (κ2) is 6.22. The third-order valence-electron chi connectivity index (χ3n) is 2.48. The van der Waals surface area contributed by atoms with Crippen LogP contribution in [0, 0.1) is 0 Å². The lowest BCUT2D eigenvalue weighted by Crippen LogP contribution is -2.55. The number of ether oxygens (including phenoxy) is 1. The molecule has 1 fully saturated rings. The maximum Gasteiger partial charge on any atom is 0.325 e. The van der Waals surface area contributed by atoms with Crippen molar-refractivity contribution < 1.29 is 19.1 Å². The normalized spacial score (nSPS) is 16.4. The van der Waals surface area contributed by atoms with Crippen LogP contribution in [0.15, 0.2) is 0 Å². The lowest BCUT2D eigenvalue weighted by molar-refractivity contribution is -0.156. The predicted molar refractivity (Wildman–Crippen MR) is 60.1 cm³/mol. The Hall–Kier alpha value is -1.59. The first kappa shape index (κ1) is 13.5. The molecule has 0 aromatic rings. The van der Waals surface area contributed by atoms with Crippen molar-refractivity contribution in [1.29, 1.82) is 0 Å². The number of nitrogens with zero attached hydrogens (tertiary/aromatic N) is 2. The zero-order valence-corrected chi connectivity index (χ0v) is 10.3. The predicted octanol–water partition coefficient (Wildman–Crippen LogP) is -0.370. The van der Waals surface area contributed by atoms with Crippen molar-refractivity contribution >= 4 is 17.8 Å². The van der Waals surface area contributed by atoms with Crippen LogP contribution in [0.2, 0.25) is 0 Å². The zero-order chi connectivity index (χ0) is 12.8. The van der Waals surface area contributed by atoms with Crippen molar-refractivity contribution in [3.8, 4) is 0 Å². The van der Waals surface area contributed by atoms with Crippen molar-refractivity contribution in [2.75, 3.05) is 32.8 Å². The highest BCUT2D eigenvalue weighted by atomic mass is 16.5. The van der Waals surface area contributed by atoms with E-state index < -0.39 is 5.97 Å². The van der Waals surface area contributed by atoms with Gasteiger partial charge in [-0.25, -0.2) is 0 Å². The van der Waals surface area contributed by atoms with Gasteiger partial charge in [0.1, 0.15) is 13.1 Å². The topological polar surface area (TPSA) is 66.9 Å². The van der Waals surface area contributed by atoms with Crippen molar-refractivity contribution in [2.24, 2.45) is 0 Å². The number of amides is 2. The number of hydrogen-bond donors (Lipinski definition) is 0. The van der Waals surface area contributed by atoms with Crippen LogP contribution >= 0.6 is 0 Å². The summed E-state index contributed by atoms with van der Waals surface area (Å²) in [5, 5.41) is 0. The molecule has 0 spiro atoms. The molecule has 0 atom stereocenters. The number of carbonyl (C=O) groups excluding carboxylic acids is 3. The molecule has 0 N–H and O–H groups in total. The third-order valence-corrected chi connectivity index (χ3v) is 2.48. The summed E-state index contributed by atoms with van der Waals surface area (Å²) < 4.78 is 4.74. The lowest BCUT2D eigenvalue weighted by atomic mass is 10.2. The van der Waals surface area contributed by atoms with E-state index in [2.05, 4.69) is 0 Å². The van der Waals surface area contributed by atoms with E-state index in [0.717, 1.165) is 6.42 Å². The van der Waals surface area contributed by atoms with Gasteiger partial charge >= 0.3 is 5.97 Å². The Morgan fingerprint density at radius 3 is 2.35 bits per heavy atom. The quantitative estimate of drug-likeness (QED) is 0.617. The Morgan fingerprint density at radius 1 is 1.18 bits per heavy atom. The van der Waals surface area contributed by atoms with E-state index in [-0.39, 0.29) is 38.1 Å². The van der Waals surface area contributed by atoms with E-state index >= 15 is 0 Å². The highest BCUT2D eigenvalue weighted by molar-refractivity contribution is 5.94. The number of hydrogen-bond acceptors (Lipinski definition) is 4. The Bertz CT molecular complexity index is 317. The first-order chi connectivity index (χ1) is 8.08. The Morgan fingerprint density at radius 2 is 1.76 bits per heavy atom. The second-order valence-electron chi connectivity index (χ2n) is 3.87. The minimum atomic E-state index is -0.474. The molecule has 96 valence electrons. The van der Waals surface area contributed by atoms with E-state index in [0.29, 0.717) is 6.54 Å². The van der Waals surface area contributed by atoms with Gasteiger partial charge in [0.2, 0.25) is 11.8 Å². The van der Waals surface area contributed by atoms with Crippen LogP contribution in [0.1, 0.15) is 20.3 Å². The minimum Gasteiger partial charge on any atom is -0.465 e. The van der Waals surface area contributed by atoms with Crippen LogP contribution < -0.4 is 0 Å². The van der Waals surface area contributed by atoms with Crippen LogP contribution in [0.4, 0.5) is 0 Å². The van der Waals surface area contributed by atoms with Gasteiger partial charge in [0.15, 0.2) is 0 Å². The van der Waals surface area contributed by atoms with Crippen LogP contribution in [0.5, 0.6) is 0 Å². The average Bonchev–Trinajstić information content (AvgIpc) is 2.26. The monoisotopic (exact) mass is 242 g/mol. The Balaban J connectivity index is 2.52. The molecule has 1 saturated heterocycles. The van der Waals surface area contributed by atoms with Crippen molar-refractivity contribution in [2.45, 2.75) is 20.3 Å². The molecule has 0 aliphatic carbocycles. The summed E-state index contributed by atoms with van der Waals surface area (Å²) in [6.07, 6.45) is 0.816. The molecule has 0 saturated carbocycles. The number of esters is 1.